The fourth-order valence-electron chi connectivity index (χ4n) is 4.06. The van der Waals surface area contributed by atoms with Crippen LogP contribution in [-0.4, -0.2) is 16.2 Å². The molecule has 2 aliphatic carbocycles. The van der Waals surface area contributed by atoms with Gasteiger partial charge >= 0.3 is 0 Å². The Morgan fingerprint density at radius 1 is 1.29 bits per heavy atom. The average Bonchev–Trinajstić information content (AvgIpc) is 3.13. The van der Waals surface area contributed by atoms with E-state index in [1.807, 2.05) is 12.1 Å². The zero-order valence-corrected chi connectivity index (χ0v) is 13.5. The Morgan fingerprint density at radius 3 is 2.81 bits per heavy atom. The summed E-state index contributed by atoms with van der Waals surface area (Å²) in [6, 6.07) is 6.27. The molecule has 0 aliphatic heterocycles. The third kappa shape index (κ3) is 2.14. The quantitative estimate of drug-likeness (QED) is 0.900. The smallest absolute Gasteiger partial charge is 0.231 e. The number of nitrogens with zero attached hydrogens (tertiary/aromatic N) is 2. The Balaban J connectivity index is 1.67. The Bertz CT molecular complexity index is 682. The fourth-order valence-corrected chi connectivity index (χ4v) is 4.54. The first kappa shape index (κ1) is 13.5. The van der Waals surface area contributed by atoms with Gasteiger partial charge in [0.25, 0.3) is 0 Å². The van der Waals surface area contributed by atoms with Gasteiger partial charge in [-0.2, -0.15) is 4.98 Å². The van der Waals surface area contributed by atoms with Gasteiger partial charge in [-0.3, -0.25) is 0 Å². The Hall–Kier alpha value is -1.20. The number of benzene rings is 1. The van der Waals surface area contributed by atoms with E-state index in [2.05, 4.69) is 39.1 Å². The van der Waals surface area contributed by atoms with Crippen LogP contribution in [0.3, 0.4) is 0 Å². The van der Waals surface area contributed by atoms with Gasteiger partial charge in [0.1, 0.15) is 0 Å². The molecule has 2 fully saturated rings. The summed E-state index contributed by atoms with van der Waals surface area (Å²) in [4.78, 5) is 4.65. The maximum atomic E-state index is 6.36. The first-order valence-corrected chi connectivity index (χ1v) is 8.28. The predicted octanol–water partition coefficient (Wildman–Crippen LogP) is 3.65. The lowest BCUT2D eigenvalue weighted by atomic mass is 9.85. The molecule has 110 valence electrons. The molecule has 2 bridgehead atoms. The largest absolute Gasteiger partial charge is 0.339 e. The summed E-state index contributed by atoms with van der Waals surface area (Å²) in [7, 11) is 0. The van der Waals surface area contributed by atoms with E-state index in [0.29, 0.717) is 17.7 Å². The molecule has 0 radical (unpaired) electrons. The second-order valence-corrected chi connectivity index (χ2v) is 7.27. The molecule has 4 atom stereocenters. The van der Waals surface area contributed by atoms with Gasteiger partial charge in [-0.1, -0.05) is 21.1 Å². The van der Waals surface area contributed by atoms with Gasteiger partial charge < -0.3 is 10.3 Å². The van der Waals surface area contributed by atoms with Gasteiger partial charge in [0.15, 0.2) is 0 Å². The molecule has 2 saturated carbocycles. The molecule has 0 amide bonds. The molecule has 2 aromatic rings. The highest BCUT2D eigenvalue weighted by atomic mass is 79.9. The van der Waals surface area contributed by atoms with Crippen molar-refractivity contribution in [1.29, 1.82) is 0 Å². The van der Waals surface area contributed by atoms with Gasteiger partial charge in [0.05, 0.1) is 5.92 Å². The normalized spacial score (nSPS) is 31.0. The first-order chi connectivity index (χ1) is 10.1. The average molecular weight is 348 g/mol. The number of hydrogen-bond donors (Lipinski definition) is 1. The Labute approximate surface area is 132 Å². The third-order valence-corrected chi connectivity index (χ3v) is 5.63. The van der Waals surface area contributed by atoms with E-state index >= 15 is 0 Å². The zero-order valence-electron chi connectivity index (χ0n) is 11.9. The molecule has 4 unspecified atom stereocenters. The molecule has 4 rings (SSSR count). The molecule has 1 heterocycles. The van der Waals surface area contributed by atoms with Crippen LogP contribution < -0.4 is 5.73 Å². The number of hydrogen-bond acceptors (Lipinski definition) is 4. The lowest BCUT2D eigenvalue weighted by molar-refractivity contribution is 0.279. The number of nitrogens with two attached hydrogens (primary N) is 1. The highest BCUT2D eigenvalue weighted by Crippen LogP contribution is 2.51. The summed E-state index contributed by atoms with van der Waals surface area (Å²) in [5.41, 5.74) is 8.51. The standard InChI is InChI=1S/C16H18BrN3O/c1-8-6-11(17)4-5-12(8)15-19-16(21-20-15)13-9-2-3-10(7-9)14(13)18/h4-6,9-10,13-14H,2-3,7,18H2,1H3. The van der Waals surface area contributed by atoms with Crippen LogP contribution in [0.25, 0.3) is 11.4 Å². The second-order valence-electron chi connectivity index (χ2n) is 6.35. The molecular weight excluding hydrogens is 330 g/mol. The monoisotopic (exact) mass is 347 g/mol. The van der Waals surface area contributed by atoms with Crippen molar-refractivity contribution in [2.24, 2.45) is 17.6 Å². The molecule has 0 saturated heterocycles. The van der Waals surface area contributed by atoms with Crippen molar-refractivity contribution in [3.8, 4) is 11.4 Å². The van der Waals surface area contributed by atoms with Crippen LogP contribution in [0.15, 0.2) is 27.2 Å². The highest BCUT2D eigenvalue weighted by Gasteiger charge is 2.48. The van der Waals surface area contributed by atoms with Crippen molar-refractivity contribution < 1.29 is 4.52 Å². The molecule has 2 N–H and O–H groups in total. The summed E-state index contributed by atoms with van der Waals surface area (Å²) in [6.07, 6.45) is 3.73. The number of aryl methyl sites for hydroxylation is 1. The van der Waals surface area contributed by atoms with Gasteiger partial charge in [-0.05, 0) is 61.8 Å². The van der Waals surface area contributed by atoms with E-state index in [-0.39, 0.29) is 12.0 Å². The minimum absolute atomic E-state index is 0.183. The van der Waals surface area contributed by atoms with Crippen molar-refractivity contribution in [2.45, 2.75) is 38.1 Å². The number of rotatable bonds is 2. The molecule has 1 aromatic carbocycles. The van der Waals surface area contributed by atoms with Crippen molar-refractivity contribution in [2.75, 3.05) is 0 Å². The van der Waals surface area contributed by atoms with Crippen LogP contribution in [0.1, 0.15) is 36.6 Å². The molecule has 0 spiro atoms. The third-order valence-electron chi connectivity index (χ3n) is 5.14. The summed E-state index contributed by atoms with van der Waals surface area (Å²) < 4.78 is 6.62. The highest BCUT2D eigenvalue weighted by molar-refractivity contribution is 9.10. The van der Waals surface area contributed by atoms with Gasteiger partial charge in [0, 0.05) is 16.1 Å². The zero-order chi connectivity index (χ0) is 14.6. The summed E-state index contributed by atoms with van der Waals surface area (Å²) >= 11 is 3.48. The Kier molecular flexibility index (Phi) is 3.15. The summed E-state index contributed by atoms with van der Waals surface area (Å²) in [6.45, 7) is 2.05. The van der Waals surface area contributed by atoms with Crippen LogP contribution in [0, 0.1) is 18.8 Å². The molecule has 21 heavy (non-hydrogen) atoms. The second kappa shape index (κ2) is 4.92. The molecule has 1 aromatic heterocycles. The van der Waals surface area contributed by atoms with Crippen LogP contribution in [0.2, 0.25) is 0 Å². The first-order valence-electron chi connectivity index (χ1n) is 7.49. The SMILES string of the molecule is Cc1cc(Br)ccc1-c1noc(C2C3CCC(C3)C2N)n1. The maximum absolute atomic E-state index is 6.36. The van der Waals surface area contributed by atoms with Gasteiger partial charge in [-0.25, -0.2) is 0 Å². The summed E-state index contributed by atoms with van der Waals surface area (Å²) in [5, 5.41) is 4.18. The maximum Gasteiger partial charge on any atom is 0.231 e. The van der Waals surface area contributed by atoms with Crippen LogP contribution in [0.4, 0.5) is 0 Å². The van der Waals surface area contributed by atoms with Gasteiger partial charge in [-0.15, -0.1) is 0 Å². The number of halogens is 1. The van der Waals surface area contributed by atoms with E-state index < -0.39 is 0 Å². The van der Waals surface area contributed by atoms with Crippen molar-refractivity contribution in [3.63, 3.8) is 0 Å². The van der Waals surface area contributed by atoms with E-state index in [0.717, 1.165) is 21.5 Å². The Morgan fingerprint density at radius 2 is 2.10 bits per heavy atom. The molecule has 2 aliphatic rings. The van der Waals surface area contributed by atoms with Crippen LogP contribution >= 0.6 is 15.9 Å². The van der Waals surface area contributed by atoms with E-state index in [4.69, 9.17) is 10.3 Å². The molecular formula is C16H18BrN3O. The van der Waals surface area contributed by atoms with Crippen molar-refractivity contribution in [3.05, 3.63) is 34.1 Å². The topological polar surface area (TPSA) is 64.9 Å². The fraction of sp³-hybridized carbons (Fsp3) is 0.500. The van der Waals surface area contributed by atoms with Gasteiger partial charge in [0.2, 0.25) is 11.7 Å². The van der Waals surface area contributed by atoms with E-state index in [1.54, 1.807) is 0 Å². The molecule has 5 heteroatoms. The minimum Gasteiger partial charge on any atom is -0.339 e. The van der Waals surface area contributed by atoms with Crippen molar-refractivity contribution >= 4 is 15.9 Å². The number of fused-ring (bicyclic) bond motifs is 2. The minimum atomic E-state index is 0.183. The molecule has 4 nitrogen and oxygen atoms in total. The number of aromatic nitrogens is 2. The van der Waals surface area contributed by atoms with Crippen LogP contribution in [-0.2, 0) is 0 Å². The van der Waals surface area contributed by atoms with Crippen LogP contribution in [0.5, 0.6) is 0 Å². The van der Waals surface area contributed by atoms with E-state index in [9.17, 15) is 0 Å². The summed E-state index contributed by atoms with van der Waals surface area (Å²) in [5.74, 6) is 2.92. The predicted molar refractivity (Wildman–Crippen MR) is 83.7 cm³/mol. The lowest BCUT2D eigenvalue weighted by Gasteiger charge is -2.24. The van der Waals surface area contributed by atoms with E-state index in [1.165, 1.54) is 19.3 Å². The lowest BCUT2D eigenvalue weighted by Crippen LogP contribution is -2.34. The van der Waals surface area contributed by atoms with Crippen molar-refractivity contribution in [1.82, 2.24) is 10.1 Å².